The molecule has 0 bridgehead atoms. The minimum atomic E-state index is -0.439. The number of hydrogen-bond acceptors (Lipinski definition) is 2. The SMILES string of the molecule is CCNc1cc(C)ccc1C(=O)Nc1cc(C)ccc1F. The molecule has 4 heteroatoms. The quantitative estimate of drug-likeness (QED) is 0.887. The molecule has 0 spiro atoms. The number of hydrogen-bond donors (Lipinski definition) is 2. The number of amides is 1. The van der Waals surface area contributed by atoms with Crippen molar-refractivity contribution in [3.63, 3.8) is 0 Å². The van der Waals surface area contributed by atoms with Gasteiger partial charge in [0.15, 0.2) is 0 Å². The Morgan fingerprint density at radius 3 is 2.33 bits per heavy atom. The maximum atomic E-state index is 13.7. The molecule has 0 aliphatic heterocycles. The summed E-state index contributed by atoms with van der Waals surface area (Å²) >= 11 is 0. The molecular formula is C17H19FN2O. The Morgan fingerprint density at radius 2 is 1.67 bits per heavy atom. The molecule has 3 nitrogen and oxygen atoms in total. The van der Waals surface area contributed by atoms with Gasteiger partial charge in [0.25, 0.3) is 5.91 Å². The van der Waals surface area contributed by atoms with Gasteiger partial charge in [-0.2, -0.15) is 0 Å². The van der Waals surface area contributed by atoms with Crippen LogP contribution in [0, 0.1) is 19.7 Å². The van der Waals surface area contributed by atoms with Gasteiger partial charge in [0, 0.05) is 12.2 Å². The third-order valence-corrected chi connectivity index (χ3v) is 3.16. The molecule has 0 atom stereocenters. The van der Waals surface area contributed by atoms with Gasteiger partial charge in [-0.25, -0.2) is 4.39 Å². The average molecular weight is 286 g/mol. The van der Waals surface area contributed by atoms with Crippen molar-refractivity contribution in [2.75, 3.05) is 17.2 Å². The average Bonchev–Trinajstić information content (AvgIpc) is 2.43. The van der Waals surface area contributed by atoms with Gasteiger partial charge in [-0.3, -0.25) is 4.79 Å². The van der Waals surface area contributed by atoms with Crippen molar-refractivity contribution in [1.29, 1.82) is 0 Å². The van der Waals surface area contributed by atoms with E-state index in [1.807, 2.05) is 32.9 Å². The monoisotopic (exact) mass is 286 g/mol. The molecule has 2 aromatic rings. The van der Waals surface area contributed by atoms with Crippen LogP contribution in [-0.2, 0) is 0 Å². The molecule has 0 saturated heterocycles. The summed E-state index contributed by atoms with van der Waals surface area (Å²) in [5.41, 5.74) is 3.40. The molecule has 2 aromatic carbocycles. The third-order valence-electron chi connectivity index (χ3n) is 3.16. The minimum absolute atomic E-state index is 0.197. The number of aryl methyl sites for hydroxylation is 2. The predicted octanol–water partition coefficient (Wildman–Crippen LogP) is 4.13. The summed E-state index contributed by atoms with van der Waals surface area (Å²) in [6.07, 6.45) is 0. The van der Waals surface area contributed by atoms with Crippen molar-refractivity contribution in [3.05, 3.63) is 58.9 Å². The molecule has 0 fully saturated rings. The van der Waals surface area contributed by atoms with Crippen LogP contribution in [0.2, 0.25) is 0 Å². The summed E-state index contributed by atoms with van der Waals surface area (Å²) in [7, 11) is 0. The van der Waals surface area contributed by atoms with Crippen LogP contribution in [0.3, 0.4) is 0 Å². The fourth-order valence-corrected chi connectivity index (χ4v) is 2.12. The third kappa shape index (κ3) is 3.60. The first-order valence-corrected chi connectivity index (χ1v) is 6.93. The van der Waals surface area contributed by atoms with E-state index in [0.29, 0.717) is 12.1 Å². The lowest BCUT2D eigenvalue weighted by Crippen LogP contribution is -2.16. The van der Waals surface area contributed by atoms with Gasteiger partial charge in [-0.1, -0.05) is 12.1 Å². The van der Waals surface area contributed by atoms with Crippen molar-refractivity contribution < 1.29 is 9.18 Å². The van der Waals surface area contributed by atoms with Crippen LogP contribution >= 0.6 is 0 Å². The number of halogens is 1. The zero-order chi connectivity index (χ0) is 15.4. The highest BCUT2D eigenvalue weighted by Gasteiger charge is 2.13. The number of carbonyl (C=O) groups is 1. The highest BCUT2D eigenvalue weighted by Crippen LogP contribution is 2.21. The van der Waals surface area contributed by atoms with E-state index in [0.717, 1.165) is 16.8 Å². The highest BCUT2D eigenvalue weighted by atomic mass is 19.1. The molecule has 0 heterocycles. The lowest BCUT2D eigenvalue weighted by Gasteiger charge is -2.13. The molecule has 0 aliphatic rings. The number of nitrogens with one attached hydrogen (secondary N) is 2. The first-order valence-electron chi connectivity index (χ1n) is 6.93. The second-order valence-electron chi connectivity index (χ2n) is 5.02. The van der Waals surface area contributed by atoms with E-state index in [-0.39, 0.29) is 11.6 Å². The van der Waals surface area contributed by atoms with Gasteiger partial charge >= 0.3 is 0 Å². The summed E-state index contributed by atoms with van der Waals surface area (Å²) in [5.74, 6) is -0.762. The van der Waals surface area contributed by atoms with Crippen LogP contribution in [0.15, 0.2) is 36.4 Å². The van der Waals surface area contributed by atoms with E-state index in [2.05, 4.69) is 10.6 Å². The largest absolute Gasteiger partial charge is 0.385 e. The molecule has 0 aromatic heterocycles. The smallest absolute Gasteiger partial charge is 0.257 e. The molecule has 21 heavy (non-hydrogen) atoms. The molecule has 0 unspecified atom stereocenters. The Balaban J connectivity index is 2.30. The van der Waals surface area contributed by atoms with E-state index in [9.17, 15) is 9.18 Å². The first-order chi connectivity index (χ1) is 10.0. The Bertz CT molecular complexity index is 668. The standard InChI is InChI=1S/C17H19FN2O/c1-4-19-15-9-11(2)5-7-13(15)17(21)20-16-10-12(3)6-8-14(16)18/h5-10,19H,4H2,1-3H3,(H,20,21). The van der Waals surface area contributed by atoms with Gasteiger partial charge in [0.2, 0.25) is 0 Å². The van der Waals surface area contributed by atoms with E-state index >= 15 is 0 Å². The van der Waals surface area contributed by atoms with Crippen LogP contribution in [0.5, 0.6) is 0 Å². The summed E-state index contributed by atoms with van der Waals surface area (Å²) in [6, 6.07) is 10.2. The van der Waals surface area contributed by atoms with E-state index in [1.54, 1.807) is 18.2 Å². The number of benzene rings is 2. The summed E-state index contributed by atoms with van der Waals surface area (Å²) in [4.78, 5) is 12.4. The predicted molar refractivity (Wildman–Crippen MR) is 84.4 cm³/mol. The molecule has 2 rings (SSSR count). The topological polar surface area (TPSA) is 41.1 Å². The lowest BCUT2D eigenvalue weighted by molar-refractivity contribution is 0.102. The van der Waals surface area contributed by atoms with E-state index in [1.165, 1.54) is 6.07 Å². The Hall–Kier alpha value is -2.36. The van der Waals surface area contributed by atoms with E-state index < -0.39 is 5.82 Å². The molecule has 1 amide bonds. The van der Waals surface area contributed by atoms with Gasteiger partial charge in [0.05, 0.1) is 11.3 Å². The van der Waals surface area contributed by atoms with Gasteiger partial charge in [-0.15, -0.1) is 0 Å². The lowest BCUT2D eigenvalue weighted by atomic mass is 10.1. The second kappa shape index (κ2) is 6.39. The van der Waals surface area contributed by atoms with Crippen molar-refractivity contribution in [3.8, 4) is 0 Å². The maximum Gasteiger partial charge on any atom is 0.257 e. The number of carbonyl (C=O) groups excluding carboxylic acids is 1. The Kier molecular flexibility index (Phi) is 4.58. The number of rotatable bonds is 4. The van der Waals surface area contributed by atoms with Gasteiger partial charge in [-0.05, 0) is 56.2 Å². The van der Waals surface area contributed by atoms with Crippen LogP contribution < -0.4 is 10.6 Å². The number of anilines is 2. The molecule has 110 valence electrons. The van der Waals surface area contributed by atoms with Crippen LogP contribution in [0.25, 0.3) is 0 Å². The van der Waals surface area contributed by atoms with Crippen LogP contribution in [0.4, 0.5) is 15.8 Å². The summed E-state index contributed by atoms with van der Waals surface area (Å²) in [6.45, 7) is 6.49. The van der Waals surface area contributed by atoms with Gasteiger partial charge < -0.3 is 10.6 Å². The zero-order valence-electron chi connectivity index (χ0n) is 12.5. The van der Waals surface area contributed by atoms with Crippen molar-refractivity contribution >= 4 is 17.3 Å². The van der Waals surface area contributed by atoms with Crippen molar-refractivity contribution in [2.24, 2.45) is 0 Å². The Labute approximate surface area is 124 Å². The van der Waals surface area contributed by atoms with Crippen LogP contribution in [0.1, 0.15) is 28.4 Å². The molecule has 2 N–H and O–H groups in total. The zero-order valence-corrected chi connectivity index (χ0v) is 12.5. The van der Waals surface area contributed by atoms with Crippen LogP contribution in [-0.4, -0.2) is 12.5 Å². The maximum absolute atomic E-state index is 13.7. The fraction of sp³-hybridized carbons (Fsp3) is 0.235. The Morgan fingerprint density at radius 1 is 1.05 bits per heavy atom. The molecule has 0 radical (unpaired) electrons. The fourth-order valence-electron chi connectivity index (χ4n) is 2.12. The minimum Gasteiger partial charge on any atom is -0.385 e. The van der Waals surface area contributed by atoms with Crippen molar-refractivity contribution in [1.82, 2.24) is 0 Å². The normalized spacial score (nSPS) is 10.3. The molecule has 0 saturated carbocycles. The van der Waals surface area contributed by atoms with E-state index in [4.69, 9.17) is 0 Å². The summed E-state index contributed by atoms with van der Waals surface area (Å²) < 4.78 is 13.7. The second-order valence-corrected chi connectivity index (χ2v) is 5.02. The summed E-state index contributed by atoms with van der Waals surface area (Å²) in [5, 5.41) is 5.79. The molecule has 0 aliphatic carbocycles. The van der Waals surface area contributed by atoms with Gasteiger partial charge in [0.1, 0.15) is 5.82 Å². The van der Waals surface area contributed by atoms with Crippen molar-refractivity contribution in [2.45, 2.75) is 20.8 Å². The molecular weight excluding hydrogens is 267 g/mol. The first kappa shape index (κ1) is 15.0. The highest BCUT2D eigenvalue weighted by molar-refractivity contribution is 6.08.